The fourth-order valence-electron chi connectivity index (χ4n) is 3.26. The van der Waals surface area contributed by atoms with Gasteiger partial charge in [-0.2, -0.15) is 5.10 Å². The summed E-state index contributed by atoms with van der Waals surface area (Å²) in [5.74, 6) is -0.501. The highest BCUT2D eigenvalue weighted by molar-refractivity contribution is 5.96. The van der Waals surface area contributed by atoms with Crippen LogP contribution in [0.5, 0.6) is 0 Å². The molecule has 3 rings (SSSR count). The van der Waals surface area contributed by atoms with Crippen molar-refractivity contribution in [1.29, 1.82) is 0 Å². The van der Waals surface area contributed by atoms with Gasteiger partial charge in [-0.3, -0.25) is 20.0 Å². The maximum absolute atomic E-state index is 12.2. The maximum atomic E-state index is 12.2. The van der Waals surface area contributed by atoms with E-state index in [0.717, 1.165) is 25.5 Å². The van der Waals surface area contributed by atoms with Crippen molar-refractivity contribution in [2.24, 2.45) is 0 Å². The average molecular weight is 314 g/mol. The van der Waals surface area contributed by atoms with Gasteiger partial charge in [0, 0.05) is 12.0 Å². The number of rotatable bonds is 4. The van der Waals surface area contributed by atoms with Gasteiger partial charge in [-0.1, -0.05) is 31.2 Å². The second-order valence-corrected chi connectivity index (χ2v) is 6.14. The Morgan fingerprint density at radius 1 is 1.48 bits per heavy atom. The van der Waals surface area contributed by atoms with E-state index in [1.165, 1.54) is 11.1 Å². The highest BCUT2D eigenvalue weighted by atomic mass is 16.6. The number of amides is 1. The number of aromatic amines is 1. The van der Waals surface area contributed by atoms with Gasteiger partial charge in [0.25, 0.3) is 5.91 Å². The zero-order valence-corrected chi connectivity index (χ0v) is 12.8. The molecule has 120 valence electrons. The van der Waals surface area contributed by atoms with Crippen molar-refractivity contribution in [2.45, 2.75) is 31.6 Å². The summed E-state index contributed by atoms with van der Waals surface area (Å²) >= 11 is 0. The first kappa shape index (κ1) is 15.2. The topological polar surface area (TPSA) is 101 Å². The van der Waals surface area contributed by atoms with E-state index in [1.807, 2.05) is 12.1 Å². The van der Waals surface area contributed by atoms with Crippen molar-refractivity contribution >= 4 is 11.6 Å². The molecule has 23 heavy (non-hydrogen) atoms. The molecule has 1 heterocycles. The Hall–Kier alpha value is -2.70. The summed E-state index contributed by atoms with van der Waals surface area (Å²) in [6.45, 7) is 2.55. The van der Waals surface area contributed by atoms with Gasteiger partial charge < -0.3 is 5.32 Å². The van der Waals surface area contributed by atoms with Gasteiger partial charge in [-0.15, -0.1) is 0 Å². The molecule has 0 spiro atoms. The molecule has 1 aliphatic rings. The van der Waals surface area contributed by atoms with E-state index in [9.17, 15) is 14.9 Å². The lowest BCUT2D eigenvalue weighted by Crippen LogP contribution is -2.41. The van der Waals surface area contributed by atoms with Crippen molar-refractivity contribution in [2.75, 3.05) is 6.54 Å². The zero-order valence-electron chi connectivity index (χ0n) is 12.8. The minimum Gasteiger partial charge on any atom is -0.350 e. The Kier molecular flexibility index (Phi) is 3.85. The molecule has 0 saturated carbocycles. The summed E-state index contributed by atoms with van der Waals surface area (Å²) in [6.07, 6.45) is 4.13. The molecule has 1 aromatic heterocycles. The molecule has 0 radical (unpaired) electrons. The van der Waals surface area contributed by atoms with E-state index in [2.05, 4.69) is 34.6 Å². The number of aromatic nitrogens is 2. The van der Waals surface area contributed by atoms with E-state index in [0.29, 0.717) is 6.54 Å². The number of fused-ring (bicyclic) bond motifs is 1. The molecule has 7 heteroatoms. The number of benzene rings is 1. The van der Waals surface area contributed by atoms with Crippen LogP contribution in [0.25, 0.3) is 0 Å². The molecular formula is C16H18N4O3. The summed E-state index contributed by atoms with van der Waals surface area (Å²) in [5, 5.41) is 19.7. The fraction of sp³-hybridized carbons (Fsp3) is 0.375. The summed E-state index contributed by atoms with van der Waals surface area (Å²) in [7, 11) is 0. The summed E-state index contributed by atoms with van der Waals surface area (Å²) in [6, 6.07) is 8.24. The van der Waals surface area contributed by atoms with Gasteiger partial charge in [-0.05, 0) is 30.4 Å². The highest BCUT2D eigenvalue weighted by Crippen LogP contribution is 2.36. The third kappa shape index (κ3) is 2.81. The second kappa shape index (κ2) is 5.83. The smallest absolute Gasteiger partial charge is 0.319 e. The molecule has 0 bridgehead atoms. The number of carbonyl (C=O) groups excluding carboxylic acids is 1. The van der Waals surface area contributed by atoms with Crippen LogP contribution in [-0.4, -0.2) is 27.6 Å². The standard InChI is InChI=1S/C16H18N4O3/c1-16(8-4-6-11-5-2-3-7-12(11)16)10-17-15(21)14-13(20(22)23)9-18-19-14/h2-3,5,7,9H,4,6,8,10H2,1H3,(H,17,21)(H,18,19)/t16-/m0/s1. The molecule has 0 fully saturated rings. The number of carbonyl (C=O) groups is 1. The molecule has 1 amide bonds. The molecule has 1 aliphatic carbocycles. The zero-order chi connectivity index (χ0) is 16.4. The van der Waals surface area contributed by atoms with Gasteiger partial charge >= 0.3 is 5.69 Å². The van der Waals surface area contributed by atoms with Crippen molar-refractivity contribution < 1.29 is 9.72 Å². The first-order valence-electron chi connectivity index (χ1n) is 7.55. The van der Waals surface area contributed by atoms with E-state index >= 15 is 0 Å². The fourth-order valence-corrected chi connectivity index (χ4v) is 3.26. The highest BCUT2D eigenvalue weighted by Gasteiger charge is 2.33. The maximum Gasteiger partial charge on any atom is 0.319 e. The molecular weight excluding hydrogens is 296 g/mol. The van der Waals surface area contributed by atoms with Gasteiger partial charge in [0.1, 0.15) is 6.20 Å². The van der Waals surface area contributed by atoms with Crippen LogP contribution in [-0.2, 0) is 11.8 Å². The normalized spacial score (nSPS) is 19.9. The number of nitrogens with one attached hydrogen (secondary N) is 2. The van der Waals surface area contributed by atoms with E-state index in [4.69, 9.17) is 0 Å². The van der Waals surface area contributed by atoms with Crippen molar-refractivity contribution in [3.05, 3.63) is 57.4 Å². The minimum absolute atomic E-state index is 0.109. The Morgan fingerprint density at radius 2 is 2.26 bits per heavy atom. The predicted octanol–water partition coefficient (Wildman–Crippen LogP) is 2.34. The predicted molar refractivity (Wildman–Crippen MR) is 84.3 cm³/mol. The number of hydrogen-bond acceptors (Lipinski definition) is 4. The van der Waals surface area contributed by atoms with Gasteiger partial charge in [0.05, 0.1) is 4.92 Å². The molecule has 0 unspecified atom stereocenters. The number of nitro groups is 1. The summed E-state index contributed by atoms with van der Waals surface area (Å²) in [4.78, 5) is 22.5. The number of aryl methyl sites for hydroxylation is 1. The first-order chi connectivity index (χ1) is 11.0. The minimum atomic E-state index is -0.615. The van der Waals surface area contributed by atoms with Gasteiger partial charge in [-0.25, -0.2) is 0 Å². The lowest BCUT2D eigenvalue weighted by Gasteiger charge is -2.36. The van der Waals surface area contributed by atoms with E-state index in [-0.39, 0.29) is 16.8 Å². The van der Waals surface area contributed by atoms with Crippen LogP contribution < -0.4 is 5.32 Å². The Labute approximate surface area is 133 Å². The SMILES string of the molecule is C[C@@]1(CNC(=O)c2[nH]ncc2[N+](=O)[O-])CCCc2ccccc21. The summed E-state index contributed by atoms with van der Waals surface area (Å²) < 4.78 is 0. The van der Waals surface area contributed by atoms with Crippen LogP contribution in [0.2, 0.25) is 0 Å². The largest absolute Gasteiger partial charge is 0.350 e. The van der Waals surface area contributed by atoms with Crippen LogP contribution in [0, 0.1) is 10.1 Å². The second-order valence-electron chi connectivity index (χ2n) is 6.14. The van der Waals surface area contributed by atoms with Crippen LogP contribution in [0.3, 0.4) is 0 Å². The molecule has 0 aliphatic heterocycles. The third-order valence-electron chi connectivity index (χ3n) is 4.52. The summed E-state index contributed by atoms with van der Waals surface area (Å²) in [5.41, 5.74) is 1.97. The average Bonchev–Trinajstić information content (AvgIpc) is 3.03. The number of hydrogen-bond donors (Lipinski definition) is 2. The van der Waals surface area contributed by atoms with Gasteiger partial charge in [0.2, 0.25) is 5.69 Å². The lowest BCUT2D eigenvalue weighted by molar-refractivity contribution is -0.385. The van der Waals surface area contributed by atoms with Gasteiger partial charge in [0.15, 0.2) is 0 Å². The van der Waals surface area contributed by atoms with Crippen molar-refractivity contribution in [3.63, 3.8) is 0 Å². The van der Waals surface area contributed by atoms with Crippen molar-refractivity contribution in [1.82, 2.24) is 15.5 Å². The Bertz CT molecular complexity index is 755. The Morgan fingerprint density at radius 3 is 3.04 bits per heavy atom. The molecule has 0 saturated heterocycles. The Balaban J connectivity index is 1.77. The van der Waals surface area contributed by atoms with E-state index < -0.39 is 10.8 Å². The van der Waals surface area contributed by atoms with Crippen LogP contribution in [0.15, 0.2) is 30.5 Å². The van der Waals surface area contributed by atoms with Crippen LogP contribution in [0.1, 0.15) is 41.4 Å². The molecule has 1 aromatic carbocycles. The molecule has 1 atom stereocenters. The molecule has 2 aromatic rings. The quantitative estimate of drug-likeness (QED) is 0.668. The van der Waals surface area contributed by atoms with Crippen LogP contribution in [0.4, 0.5) is 5.69 Å². The van der Waals surface area contributed by atoms with E-state index in [1.54, 1.807) is 0 Å². The molecule has 7 nitrogen and oxygen atoms in total. The number of H-pyrrole nitrogens is 1. The van der Waals surface area contributed by atoms with Crippen LogP contribution >= 0.6 is 0 Å². The lowest BCUT2D eigenvalue weighted by atomic mass is 9.71. The van der Waals surface area contributed by atoms with Crippen molar-refractivity contribution in [3.8, 4) is 0 Å². The monoisotopic (exact) mass is 314 g/mol. The number of nitrogens with zero attached hydrogens (tertiary/aromatic N) is 2. The first-order valence-corrected chi connectivity index (χ1v) is 7.55. The molecule has 2 N–H and O–H groups in total. The third-order valence-corrected chi connectivity index (χ3v) is 4.52.